The van der Waals surface area contributed by atoms with Crippen molar-refractivity contribution in [1.29, 1.82) is 0 Å². The average molecular weight is 1110 g/mol. The van der Waals surface area contributed by atoms with E-state index in [1.54, 1.807) is 0 Å². The molecule has 79 heavy (non-hydrogen) atoms. The van der Waals surface area contributed by atoms with Crippen LogP contribution in [0.25, 0.3) is 0 Å². The lowest BCUT2D eigenvalue weighted by molar-refractivity contribution is -0.392. The van der Waals surface area contributed by atoms with Crippen molar-refractivity contribution in [3.8, 4) is 0 Å². The van der Waals surface area contributed by atoms with Crippen molar-refractivity contribution in [3.63, 3.8) is 0 Å². The van der Waals surface area contributed by atoms with Gasteiger partial charge in [0, 0.05) is 57.3 Å². The number of hydrogen-bond acceptors (Lipinski definition) is 18. The van der Waals surface area contributed by atoms with Gasteiger partial charge in [-0.3, -0.25) is 4.79 Å². The smallest absolute Gasteiger partial charge is 0.308 e. The van der Waals surface area contributed by atoms with E-state index in [0.717, 1.165) is 81.9 Å². The lowest BCUT2D eigenvalue weighted by Crippen LogP contribution is -2.62. The Kier molecular flexibility index (Phi) is 13.8. The normalized spacial score (nSPS) is 56.9. The van der Waals surface area contributed by atoms with Crippen molar-refractivity contribution in [2.24, 2.45) is 29.6 Å². The molecule has 0 aromatic carbocycles. The summed E-state index contributed by atoms with van der Waals surface area (Å²) in [6.07, 6.45) is 5.03. The summed E-state index contributed by atoms with van der Waals surface area (Å²) in [5.74, 6) is -2.09. The second-order valence-corrected chi connectivity index (χ2v) is 28.0. The number of carbonyl (C=O) groups is 1. The van der Waals surface area contributed by atoms with Gasteiger partial charge in [-0.05, 0) is 107 Å². The fourth-order valence-corrected chi connectivity index (χ4v) is 17.9. The predicted octanol–water partition coefficient (Wildman–Crippen LogP) is 6.95. The minimum absolute atomic E-state index is 0.00779. The first kappa shape index (κ1) is 54.0. The van der Waals surface area contributed by atoms with Gasteiger partial charge >= 0.3 is 5.97 Å². The molecule has 16 rings (SSSR count). The minimum Gasteiger partial charge on any atom is -0.459 e. The molecule has 31 unspecified atom stereocenters. The summed E-state index contributed by atoms with van der Waals surface area (Å²) in [6.45, 7) is 21.3. The molecule has 3 spiro atoms. The maximum atomic E-state index is 14.6. The lowest BCUT2D eigenvalue weighted by atomic mass is 9.80. The van der Waals surface area contributed by atoms with Crippen molar-refractivity contribution < 1.29 is 80.6 Å². The molecular weight excluding hydrogens is 1020 g/mol. The third kappa shape index (κ3) is 9.53. The Morgan fingerprint density at radius 2 is 1.22 bits per heavy atom. The van der Waals surface area contributed by atoms with Crippen molar-refractivity contribution in [2.75, 3.05) is 20.6 Å². The molecule has 16 saturated heterocycles. The van der Waals surface area contributed by atoms with Gasteiger partial charge in [0.25, 0.3) is 0 Å². The van der Waals surface area contributed by atoms with Crippen LogP contribution in [0.2, 0.25) is 0 Å². The predicted molar refractivity (Wildman–Crippen MR) is 279 cm³/mol. The number of fused-ring (bicyclic) bond motifs is 10. The summed E-state index contributed by atoms with van der Waals surface area (Å²) in [5.41, 5.74) is 2.14. The largest absolute Gasteiger partial charge is 0.459 e. The zero-order valence-corrected chi connectivity index (χ0v) is 47.7. The van der Waals surface area contributed by atoms with E-state index in [1.807, 2.05) is 0 Å². The van der Waals surface area contributed by atoms with Crippen LogP contribution in [-0.4, -0.2) is 190 Å². The highest BCUT2D eigenvalue weighted by Gasteiger charge is 2.70. The van der Waals surface area contributed by atoms with Gasteiger partial charge in [0.15, 0.2) is 29.9 Å². The molecule has 440 valence electrons. The standard InChI is InChI=1S/C61H89NO17/c1-28(15-17-62(8)9)40-21-43-48(68-40)31(4)23-60(74-43)24-32(5)49-45(75-60)26-61(76-49)27-46-57(79-61)73-58-51(70-46)34(7)50-42(71-58)22-41-33(6)29(2)18-35(65-41)10-12-38-30(3)19-37(64-38)14-16-59-25-44-53(77-59)54-55(69-44)56(78-59)52-39(67-54)13-11-36(66-52)20-47(63)72-50/h28-29,31-32,34-46,48-58H,3,6,10-27H2,1-2,4-5,7-9H3. The van der Waals surface area contributed by atoms with Crippen LogP contribution >= 0.6 is 0 Å². The Bertz CT molecular complexity index is 2340. The maximum absolute atomic E-state index is 14.6. The summed E-state index contributed by atoms with van der Waals surface area (Å²) < 4.78 is 111. The SMILES string of the molecule is C=C1CC2CCC34CC5OC6C(OC7CCC(CC(=O)OC8C(CC9OC(CCC1O2)CC(C)C9=C)OC1OC2OC9(CC2OC1C8C)CC1OC2(CC(C)C8OC(C(C)CCN(C)C)CC8O2)CC(C)C1O9)OC7C6O3)C5O4. The Morgan fingerprint density at radius 1 is 0.519 bits per heavy atom. The second kappa shape index (κ2) is 20.2. The van der Waals surface area contributed by atoms with Gasteiger partial charge in [0.05, 0.1) is 79.7 Å². The van der Waals surface area contributed by atoms with Crippen molar-refractivity contribution >= 4 is 5.97 Å². The van der Waals surface area contributed by atoms with E-state index < -0.39 is 72.7 Å². The highest BCUT2D eigenvalue weighted by Crippen LogP contribution is 2.58. The molecule has 0 N–H and O–H groups in total. The van der Waals surface area contributed by atoms with E-state index in [0.29, 0.717) is 50.4 Å². The third-order valence-corrected chi connectivity index (χ3v) is 22.0. The molecule has 16 aliphatic rings. The number of esters is 1. The molecule has 16 fully saturated rings. The van der Waals surface area contributed by atoms with Crippen LogP contribution in [0, 0.1) is 29.6 Å². The molecule has 31 atom stereocenters. The molecule has 0 radical (unpaired) electrons. The first-order valence-electron chi connectivity index (χ1n) is 31.1. The molecule has 0 aliphatic carbocycles. The fourth-order valence-electron chi connectivity index (χ4n) is 17.9. The summed E-state index contributed by atoms with van der Waals surface area (Å²) in [5, 5.41) is 0. The van der Waals surface area contributed by atoms with Gasteiger partial charge in [0.2, 0.25) is 0 Å². The minimum atomic E-state index is -0.975. The maximum Gasteiger partial charge on any atom is 0.308 e. The van der Waals surface area contributed by atoms with E-state index in [1.165, 1.54) is 0 Å². The Morgan fingerprint density at radius 3 is 2.06 bits per heavy atom. The van der Waals surface area contributed by atoms with Gasteiger partial charge in [0.1, 0.15) is 54.9 Å². The monoisotopic (exact) mass is 1110 g/mol. The zero-order chi connectivity index (χ0) is 54.0. The highest BCUT2D eigenvalue weighted by atomic mass is 16.9. The number of ether oxygens (including phenoxy) is 16. The second-order valence-electron chi connectivity index (χ2n) is 28.0. The van der Waals surface area contributed by atoms with E-state index in [-0.39, 0.29) is 116 Å². The average Bonchev–Trinajstić information content (AvgIpc) is 3.52. The molecule has 0 aromatic rings. The summed E-state index contributed by atoms with van der Waals surface area (Å²) in [6, 6.07) is 0. The van der Waals surface area contributed by atoms with Crippen LogP contribution in [-0.2, 0) is 80.6 Å². The fraction of sp³-hybridized carbons (Fsp3) is 0.918. The highest BCUT2D eigenvalue weighted by molar-refractivity contribution is 5.70. The Hall–Kier alpha value is -1.69. The molecule has 16 heterocycles. The third-order valence-electron chi connectivity index (χ3n) is 22.0. The van der Waals surface area contributed by atoms with Crippen LogP contribution in [0.15, 0.2) is 24.3 Å². The van der Waals surface area contributed by atoms with Gasteiger partial charge < -0.3 is 80.7 Å². The molecular formula is C61H89NO17. The quantitative estimate of drug-likeness (QED) is 0.209. The Labute approximate surface area is 466 Å². The molecule has 16 aliphatic heterocycles. The van der Waals surface area contributed by atoms with Gasteiger partial charge in [-0.1, -0.05) is 47.8 Å². The molecule has 0 amide bonds. The van der Waals surface area contributed by atoms with Gasteiger partial charge in [-0.15, -0.1) is 0 Å². The molecule has 18 heteroatoms. The summed E-state index contributed by atoms with van der Waals surface area (Å²) >= 11 is 0. The van der Waals surface area contributed by atoms with Crippen LogP contribution < -0.4 is 0 Å². The van der Waals surface area contributed by atoms with E-state index in [4.69, 9.17) is 75.8 Å². The number of nitrogens with zero attached hydrogens (tertiary/aromatic N) is 1. The topological polar surface area (TPSA) is 168 Å². The van der Waals surface area contributed by atoms with Crippen LogP contribution in [0.4, 0.5) is 0 Å². The van der Waals surface area contributed by atoms with Gasteiger partial charge in [-0.25, -0.2) is 0 Å². The van der Waals surface area contributed by atoms with Gasteiger partial charge in [-0.2, -0.15) is 0 Å². The molecule has 0 saturated carbocycles. The lowest BCUT2D eigenvalue weighted by Gasteiger charge is -2.51. The van der Waals surface area contributed by atoms with E-state index >= 15 is 0 Å². The first-order valence-corrected chi connectivity index (χ1v) is 31.1. The zero-order valence-electron chi connectivity index (χ0n) is 47.7. The van der Waals surface area contributed by atoms with Crippen LogP contribution in [0.5, 0.6) is 0 Å². The van der Waals surface area contributed by atoms with Crippen molar-refractivity contribution in [3.05, 3.63) is 24.3 Å². The molecule has 18 nitrogen and oxygen atoms in total. The van der Waals surface area contributed by atoms with Crippen LogP contribution in [0.3, 0.4) is 0 Å². The van der Waals surface area contributed by atoms with E-state index in [9.17, 15) is 4.79 Å². The molecule has 0 aromatic heterocycles. The van der Waals surface area contributed by atoms with E-state index in [2.05, 4.69) is 66.8 Å². The van der Waals surface area contributed by atoms with Crippen molar-refractivity contribution in [1.82, 2.24) is 4.90 Å². The first-order chi connectivity index (χ1) is 37.9. The summed E-state index contributed by atoms with van der Waals surface area (Å²) in [4.78, 5) is 16.8. The number of rotatable bonds is 4. The summed E-state index contributed by atoms with van der Waals surface area (Å²) in [7, 11) is 4.25. The van der Waals surface area contributed by atoms with Crippen molar-refractivity contribution in [2.45, 2.75) is 302 Å². The Balaban J connectivity index is 0.654. The number of carbonyl (C=O) groups excluding carboxylic acids is 1. The molecule has 12 bridgehead atoms. The van der Waals surface area contributed by atoms with Crippen LogP contribution in [0.1, 0.15) is 144 Å². The number of hydrogen-bond donors (Lipinski definition) is 0.